The van der Waals surface area contributed by atoms with E-state index in [9.17, 15) is 9.59 Å². The monoisotopic (exact) mass is 328 g/mol. The first-order valence-corrected chi connectivity index (χ1v) is 6.81. The number of hydrogen-bond acceptors (Lipinski definition) is 2. The maximum Gasteiger partial charge on any atom is 0.335 e. The second-order valence-corrected chi connectivity index (χ2v) is 5.20. The van der Waals surface area contributed by atoms with Crippen molar-refractivity contribution >= 4 is 33.6 Å². The van der Waals surface area contributed by atoms with Gasteiger partial charge < -0.3 is 15.7 Å². The lowest BCUT2D eigenvalue weighted by Gasteiger charge is -2.12. The third-order valence-corrected chi connectivity index (χ3v) is 3.43. The van der Waals surface area contributed by atoms with Crippen LogP contribution in [0.15, 0.2) is 22.7 Å². The number of benzene rings is 1. The summed E-state index contributed by atoms with van der Waals surface area (Å²) in [6, 6.07) is 4.14. The molecule has 0 fully saturated rings. The number of aromatic carboxylic acids is 1. The Kier molecular flexibility index (Phi) is 5.82. The summed E-state index contributed by atoms with van der Waals surface area (Å²) >= 11 is 3.23. The highest BCUT2D eigenvalue weighted by Crippen LogP contribution is 2.23. The lowest BCUT2D eigenvalue weighted by atomic mass is 10.1. The van der Waals surface area contributed by atoms with Gasteiger partial charge in [0.25, 0.3) is 0 Å². The lowest BCUT2D eigenvalue weighted by molar-refractivity contribution is 0.0697. The molecule has 6 heteroatoms. The van der Waals surface area contributed by atoms with E-state index in [0.717, 1.165) is 6.42 Å². The minimum atomic E-state index is -1.01. The van der Waals surface area contributed by atoms with Crippen molar-refractivity contribution in [3.63, 3.8) is 0 Å². The molecule has 3 N–H and O–H groups in total. The van der Waals surface area contributed by atoms with E-state index in [1.807, 2.05) is 0 Å². The topological polar surface area (TPSA) is 78.4 Å². The maximum absolute atomic E-state index is 11.6. The van der Waals surface area contributed by atoms with Gasteiger partial charge in [-0.05, 0) is 40.0 Å². The molecule has 0 aliphatic heterocycles. The number of hydrogen-bond donors (Lipinski definition) is 3. The molecule has 0 heterocycles. The Hall–Kier alpha value is -1.56. The van der Waals surface area contributed by atoms with Crippen LogP contribution in [0.25, 0.3) is 0 Å². The molecule has 0 bridgehead atoms. The van der Waals surface area contributed by atoms with E-state index >= 15 is 0 Å². The van der Waals surface area contributed by atoms with E-state index < -0.39 is 5.97 Å². The van der Waals surface area contributed by atoms with Crippen molar-refractivity contribution in [2.24, 2.45) is 5.92 Å². The van der Waals surface area contributed by atoms with Crippen LogP contribution in [0.1, 0.15) is 30.6 Å². The fourth-order valence-electron chi connectivity index (χ4n) is 1.33. The predicted molar refractivity (Wildman–Crippen MR) is 77.6 cm³/mol. The van der Waals surface area contributed by atoms with Crippen molar-refractivity contribution in [2.45, 2.75) is 20.3 Å². The Labute approximate surface area is 120 Å². The maximum atomic E-state index is 11.6. The second-order valence-electron chi connectivity index (χ2n) is 4.35. The van der Waals surface area contributed by atoms with Crippen molar-refractivity contribution in [1.29, 1.82) is 0 Å². The molecule has 19 heavy (non-hydrogen) atoms. The Morgan fingerprint density at radius 3 is 2.63 bits per heavy atom. The Bertz CT molecular complexity index is 477. The molecule has 0 aliphatic carbocycles. The molecule has 1 rings (SSSR count). The molecular formula is C13H17BrN2O3. The highest BCUT2D eigenvalue weighted by molar-refractivity contribution is 9.10. The predicted octanol–water partition coefficient (Wildman–Crippen LogP) is 3.31. The Morgan fingerprint density at radius 1 is 1.42 bits per heavy atom. The molecule has 0 saturated heterocycles. The summed E-state index contributed by atoms with van der Waals surface area (Å²) in [4.78, 5) is 22.4. The molecule has 0 spiro atoms. The number of amides is 2. The smallest absolute Gasteiger partial charge is 0.335 e. The van der Waals surface area contributed by atoms with Crippen molar-refractivity contribution in [3.05, 3.63) is 28.2 Å². The normalized spacial score (nSPS) is 11.7. The van der Waals surface area contributed by atoms with Crippen molar-refractivity contribution in [1.82, 2.24) is 5.32 Å². The minimum Gasteiger partial charge on any atom is -0.478 e. The summed E-state index contributed by atoms with van der Waals surface area (Å²) in [5.41, 5.74) is 0.698. The highest BCUT2D eigenvalue weighted by Gasteiger charge is 2.09. The molecule has 1 atom stereocenters. The summed E-state index contributed by atoms with van der Waals surface area (Å²) in [7, 11) is 0. The molecule has 1 aromatic rings. The molecule has 0 radical (unpaired) electrons. The Balaban J connectivity index is 2.62. The highest BCUT2D eigenvalue weighted by atomic mass is 79.9. The molecule has 2 amide bonds. The lowest BCUT2D eigenvalue weighted by Crippen LogP contribution is -2.32. The molecule has 0 aromatic heterocycles. The zero-order valence-corrected chi connectivity index (χ0v) is 12.5. The van der Waals surface area contributed by atoms with Crippen LogP contribution in [0.4, 0.5) is 10.5 Å². The van der Waals surface area contributed by atoms with Gasteiger partial charge in [-0.15, -0.1) is 0 Å². The van der Waals surface area contributed by atoms with Crippen LogP contribution in [0.2, 0.25) is 0 Å². The van der Waals surface area contributed by atoms with Crippen molar-refractivity contribution < 1.29 is 14.7 Å². The van der Waals surface area contributed by atoms with E-state index in [1.54, 1.807) is 6.07 Å². The summed E-state index contributed by atoms with van der Waals surface area (Å²) in [6.45, 7) is 4.72. The first-order chi connectivity index (χ1) is 8.93. The van der Waals surface area contributed by atoms with Crippen molar-refractivity contribution in [2.75, 3.05) is 11.9 Å². The number of carbonyl (C=O) groups excluding carboxylic acids is 1. The number of halogens is 1. The zero-order valence-electron chi connectivity index (χ0n) is 10.9. The van der Waals surface area contributed by atoms with Gasteiger partial charge in [0.05, 0.1) is 11.3 Å². The third kappa shape index (κ3) is 4.90. The quantitative estimate of drug-likeness (QED) is 0.775. The van der Waals surface area contributed by atoms with Gasteiger partial charge in [0.1, 0.15) is 0 Å². The van der Waals surface area contributed by atoms with E-state index in [4.69, 9.17) is 5.11 Å². The largest absolute Gasteiger partial charge is 0.478 e. The molecule has 5 nitrogen and oxygen atoms in total. The van der Waals surface area contributed by atoms with Gasteiger partial charge in [0.2, 0.25) is 0 Å². The molecule has 104 valence electrons. The SMILES string of the molecule is CCC(C)CNC(=O)Nc1ccc(C(=O)O)cc1Br. The number of rotatable bonds is 5. The van der Waals surface area contributed by atoms with Crippen LogP contribution < -0.4 is 10.6 Å². The van der Waals surface area contributed by atoms with Crippen molar-refractivity contribution in [3.8, 4) is 0 Å². The number of nitrogens with one attached hydrogen (secondary N) is 2. The van der Waals surface area contributed by atoms with Crippen LogP contribution in [0, 0.1) is 5.92 Å². The van der Waals surface area contributed by atoms with Crippen LogP contribution >= 0.6 is 15.9 Å². The van der Waals surface area contributed by atoms with E-state index in [0.29, 0.717) is 22.6 Å². The minimum absolute atomic E-state index is 0.164. The van der Waals surface area contributed by atoms with Gasteiger partial charge in [-0.25, -0.2) is 9.59 Å². The third-order valence-electron chi connectivity index (χ3n) is 2.77. The van der Waals surface area contributed by atoms with E-state index in [-0.39, 0.29) is 11.6 Å². The molecule has 1 aromatic carbocycles. The van der Waals surface area contributed by atoms with Crippen LogP contribution in [-0.4, -0.2) is 23.7 Å². The Morgan fingerprint density at radius 2 is 2.11 bits per heavy atom. The van der Waals surface area contributed by atoms with Crippen LogP contribution in [0.5, 0.6) is 0 Å². The number of anilines is 1. The fraction of sp³-hybridized carbons (Fsp3) is 0.385. The van der Waals surface area contributed by atoms with Gasteiger partial charge in [-0.2, -0.15) is 0 Å². The van der Waals surface area contributed by atoms with Gasteiger partial charge in [0.15, 0.2) is 0 Å². The number of carbonyl (C=O) groups is 2. The first-order valence-electron chi connectivity index (χ1n) is 6.01. The average Bonchev–Trinajstić information content (AvgIpc) is 2.38. The summed E-state index contributed by atoms with van der Waals surface area (Å²) in [5.74, 6) is -0.586. The van der Waals surface area contributed by atoms with Gasteiger partial charge in [-0.3, -0.25) is 0 Å². The number of urea groups is 1. The zero-order chi connectivity index (χ0) is 14.4. The molecule has 1 unspecified atom stereocenters. The number of carboxylic acid groups (broad SMARTS) is 1. The second kappa shape index (κ2) is 7.13. The summed E-state index contributed by atoms with van der Waals surface area (Å²) < 4.78 is 0.533. The van der Waals surface area contributed by atoms with Gasteiger partial charge in [0, 0.05) is 11.0 Å². The first kappa shape index (κ1) is 15.5. The number of carboxylic acids is 1. The molecular weight excluding hydrogens is 312 g/mol. The van der Waals surface area contributed by atoms with Crippen LogP contribution in [-0.2, 0) is 0 Å². The average molecular weight is 329 g/mol. The standard InChI is InChI=1S/C13H17BrN2O3/c1-3-8(2)7-15-13(19)16-11-5-4-9(12(17)18)6-10(11)14/h4-6,8H,3,7H2,1-2H3,(H,17,18)(H2,15,16,19). The molecule has 0 aliphatic rings. The van der Waals surface area contributed by atoms with E-state index in [1.165, 1.54) is 12.1 Å². The van der Waals surface area contributed by atoms with Gasteiger partial charge >= 0.3 is 12.0 Å². The van der Waals surface area contributed by atoms with Gasteiger partial charge in [-0.1, -0.05) is 20.3 Å². The fourth-order valence-corrected chi connectivity index (χ4v) is 1.81. The summed E-state index contributed by atoms with van der Waals surface area (Å²) in [5, 5.41) is 14.3. The summed E-state index contributed by atoms with van der Waals surface area (Å²) in [6.07, 6.45) is 0.997. The molecule has 0 saturated carbocycles. The van der Waals surface area contributed by atoms with E-state index in [2.05, 4.69) is 40.4 Å². The van der Waals surface area contributed by atoms with Crippen LogP contribution in [0.3, 0.4) is 0 Å².